The number of nitrogens with one attached hydrogen (secondary N) is 3. The zero-order chi connectivity index (χ0) is 16.6. The van der Waals surface area contributed by atoms with Crippen LogP contribution in [0.25, 0.3) is 0 Å². The van der Waals surface area contributed by atoms with Crippen LogP contribution in [0.2, 0.25) is 0 Å². The highest BCUT2D eigenvalue weighted by atomic mass is 127. The molecule has 1 aliphatic carbocycles. The third kappa shape index (κ3) is 10.8. The number of halogens is 1. The van der Waals surface area contributed by atoms with E-state index in [2.05, 4.69) is 32.8 Å². The summed E-state index contributed by atoms with van der Waals surface area (Å²) in [5.41, 5.74) is -0.218. The molecule has 0 spiro atoms. The van der Waals surface area contributed by atoms with Crippen LogP contribution in [0.3, 0.4) is 0 Å². The minimum atomic E-state index is -0.218. The number of aliphatic imine (C=N–C) groups is 1. The maximum atomic E-state index is 11.8. The van der Waals surface area contributed by atoms with E-state index in [1.807, 2.05) is 27.7 Å². The summed E-state index contributed by atoms with van der Waals surface area (Å²) in [6.07, 6.45) is 2.66. The molecule has 0 aromatic carbocycles. The summed E-state index contributed by atoms with van der Waals surface area (Å²) in [5.74, 6) is 0.649. The Kier molecular flexibility index (Phi) is 10.8. The lowest BCUT2D eigenvalue weighted by molar-refractivity contribution is -0.121. The van der Waals surface area contributed by atoms with E-state index >= 15 is 0 Å². The van der Waals surface area contributed by atoms with Gasteiger partial charge in [0.2, 0.25) is 5.91 Å². The lowest BCUT2D eigenvalue weighted by atomic mass is 10.1. The van der Waals surface area contributed by atoms with Crippen molar-refractivity contribution in [3.63, 3.8) is 0 Å². The molecule has 0 aromatic rings. The second-order valence-electron chi connectivity index (χ2n) is 6.78. The van der Waals surface area contributed by atoms with Crippen molar-refractivity contribution in [2.45, 2.75) is 59.0 Å². The van der Waals surface area contributed by atoms with Gasteiger partial charge in [-0.1, -0.05) is 6.92 Å². The van der Waals surface area contributed by atoms with Gasteiger partial charge in [-0.2, -0.15) is 0 Å². The number of carbonyl (C=O) groups is 1. The van der Waals surface area contributed by atoms with E-state index in [0.717, 1.165) is 32.2 Å². The van der Waals surface area contributed by atoms with Gasteiger partial charge in [0.25, 0.3) is 0 Å². The standard InChI is InChI=1S/C16H33N5O.HI/c1-6-17-15(19-12-14(22)20-16(3,4)5)18-10-11-21(7-2)13-8-9-13;/h13H,6-12H2,1-5H3,(H,20,22)(H2,17,18,19);1H. The van der Waals surface area contributed by atoms with Gasteiger partial charge in [-0.05, 0) is 47.1 Å². The molecule has 0 unspecified atom stereocenters. The van der Waals surface area contributed by atoms with Gasteiger partial charge < -0.3 is 16.0 Å². The molecule has 0 saturated heterocycles. The van der Waals surface area contributed by atoms with E-state index in [-0.39, 0.29) is 42.0 Å². The smallest absolute Gasteiger partial charge is 0.242 e. The second kappa shape index (κ2) is 11.1. The highest BCUT2D eigenvalue weighted by molar-refractivity contribution is 14.0. The Balaban J connectivity index is 0.00000484. The average Bonchev–Trinajstić information content (AvgIpc) is 3.23. The lowest BCUT2D eigenvalue weighted by Crippen LogP contribution is -2.44. The van der Waals surface area contributed by atoms with Crippen molar-refractivity contribution in [2.24, 2.45) is 4.99 Å². The molecule has 1 aliphatic rings. The van der Waals surface area contributed by atoms with Gasteiger partial charge >= 0.3 is 0 Å². The summed E-state index contributed by atoms with van der Waals surface area (Å²) in [7, 11) is 0. The minimum absolute atomic E-state index is 0. The zero-order valence-electron chi connectivity index (χ0n) is 15.2. The van der Waals surface area contributed by atoms with Crippen LogP contribution in [0.4, 0.5) is 0 Å². The maximum absolute atomic E-state index is 11.8. The molecule has 1 rings (SSSR count). The van der Waals surface area contributed by atoms with Crippen molar-refractivity contribution in [3.8, 4) is 0 Å². The molecule has 0 radical (unpaired) electrons. The van der Waals surface area contributed by atoms with Crippen molar-refractivity contribution in [1.82, 2.24) is 20.9 Å². The summed E-state index contributed by atoms with van der Waals surface area (Å²) in [4.78, 5) is 18.6. The van der Waals surface area contributed by atoms with E-state index in [4.69, 9.17) is 0 Å². The van der Waals surface area contributed by atoms with Crippen LogP contribution in [0.1, 0.15) is 47.5 Å². The minimum Gasteiger partial charge on any atom is -0.357 e. The van der Waals surface area contributed by atoms with E-state index < -0.39 is 0 Å². The highest BCUT2D eigenvalue weighted by Crippen LogP contribution is 2.25. The first kappa shape index (κ1) is 22.4. The largest absolute Gasteiger partial charge is 0.357 e. The van der Waals surface area contributed by atoms with Crippen molar-refractivity contribution >= 4 is 35.8 Å². The van der Waals surface area contributed by atoms with Gasteiger partial charge in [0.1, 0.15) is 6.54 Å². The number of guanidine groups is 1. The van der Waals surface area contributed by atoms with Crippen LogP contribution in [-0.4, -0.2) is 61.1 Å². The number of carbonyl (C=O) groups excluding carboxylic acids is 1. The van der Waals surface area contributed by atoms with E-state index in [0.29, 0.717) is 5.96 Å². The van der Waals surface area contributed by atoms with Crippen molar-refractivity contribution in [2.75, 3.05) is 32.7 Å². The first-order valence-electron chi connectivity index (χ1n) is 8.43. The Labute approximate surface area is 158 Å². The molecule has 0 aromatic heterocycles. The van der Waals surface area contributed by atoms with Crippen LogP contribution >= 0.6 is 24.0 Å². The summed E-state index contributed by atoms with van der Waals surface area (Å²) in [5, 5.41) is 9.39. The third-order valence-electron chi connectivity index (χ3n) is 3.40. The molecule has 0 aliphatic heterocycles. The molecule has 7 heteroatoms. The number of hydrogen-bond acceptors (Lipinski definition) is 3. The molecule has 1 amide bonds. The van der Waals surface area contributed by atoms with E-state index in [9.17, 15) is 4.79 Å². The number of nitrogens with zero attached hydrogens (tertiary/aromatic N) is 2. The molecular formula is C16H34IN5O. The van der Waals surface area contributed by atoms with Crippen LogP contribution in [0, 0.1) is 0 Å². The number of hydrogen-bond donors (Lipinski definition) is 3. The summed E-state index contributed by atoms with van der Waals surface area (Å²) in [6, 6.07) is 0.781. The first-order valence-corrected chi connectivity index (χ1v) is 8.43. The quantitative estimate of drug-likeness (QED) is 0.305. The van der Waals surface area contributed by atoms with Crippen LogP contribution in [0.5, 0.6) is 0 Å². The fourth-order valence-corrected chi connectivity index (χ4v) is 2.31. The van der Waals surface area contributed by atoms with Gasteiger partial charge in [-0.25, -0.2) is 4.99 Å². The monoisotopic (exact) mass is 439 g/mol. The number of rotatable bonds is 8. The van der Waals surface area contributed by atoms with Gasteiger partial charge in [0, 0.05) is 31.2 Å². The molecule has 1 fully saturated rings. The Morgan fingerprint density at radius 1 is 1.22 bits per heavy atom. The van der Waals surface area contributed by atoms with E-state index in [1.165, 1.54) is 12.8 Å². The summed E-state index contributed by atoms with van der Waals surface area (Å²) in [6.45, 7) is 14.0. The van der Waals surface area contributed by atoms with Crippen molar-refractivity contribution in [3.05, 3.63) is 0 Å². The summed E-state index contributed by atoms with van der Waals surface area (Å²) < 4.78 is 0. The summed E-state index contributed by atoms with van der Waals surface area (Å²) >= 11 is 0. The van der Waals surface area contributed by atoms with Crippen molar-refractivity contribution < 1.29 is 4.79 Å². The molecule has 0 atom stereocenters. The Morgan fingerprint density at radius 3 is 2.35 bits per heavy atom. The van der Waals surface area contributed by atoms with Crippen LogP contribution in [-0.2, 0) is 4.79 Å². The molecule has 23 heavy (non-hydrogen) atoms. The highest BCUT2D eigenvalue weighted by Gasteiger charge is 2.27. The lowest BCUT2D eigenvalue weighted by Gasteiger charge is -2.21. The topological polar surface area (TPSA) is 68.8 Å². The Hall–Kier alpha value is -0.570. The number of amides is 1. The zero-order valence-corrected chi connectivity index (χ0v) is 17.6. The fraction of sp³-hybridized carbons (Fsp3) is 0.875. The fourth-order valence-electron chi connectivity index (χ4n) is 2.31. The van der Waals surface area contributed by atoms with Gasteiger partial charge in [-0.15, -0.1) is 24.0 Å². The van der Waals surface area contributed by atoms with Crippen LogP contribution in [0.15, 0.2) is 4.99 Å². The maximum Gasteiger partial charge on any atom is 0.242 e. The number of likely N-dealkylation sites (N-methyl/N-ethyl adjacent to an activating group) is 1. The molecule has 0 heterocycles. The normalized spacial score (nSPS) is 15.1. The van der Waals surface area contributed by atoms with Crippen LogP contribution < -0.4 is 16.0 Å². The molecule has 1 saturated carbocycles. The van der Waals surface area contributed by atoms with Crippen molar-refractivity contribution in [1.29, 1.82) is 0 Å². The molecule has 136 valence electrons. The Bertz CT molecular complexity index is 377. The third-order valence-corrected chi connectivity index (χ3v) is 3.40. The van der Waals surface area contributed by atoms with Gasteiger partial charge in [-0.3, -0.25) is 9.69 Å². The predicted molar refractivity (Wildman–Crippen MR) is 108 cm³/mol. The molecule has 0 bridgehead atoms. The molecular weight excluding hydrogens is 405 g/mol. The average molecular weight is 439 g/mol. The van der Waals surface area contributed by atoms with E-state index in [1.54, 1.807) is 0 Å². The predicted octanol–water partition coefficient (Wildman–Crippen LogP) is 1.56. The molecule has 6 nitrogen and oxygen atoms in total. The SMILES string of the molecule is CCNC(=NCC(=O)NC(C)(C)C)NCCN(CC)C1CC1.I. The Morgan fingerprint density at radius 2 is 1.87 bits per heavy atom. The van der Waals surface area contributed by atoms with Gasteiger partial charge in [0.05, 0.1) is 0 Å². The second-order valence-corrected chi connectivity index (χ2v) is 6.78. The first-order chi connectivity index (χ1) is 10.4. The van der Waals surface area contributed by atoms with Gasteiger partial charge in [0.15, 0.2) is 5.96 Å². The molecule has 3 N–H and O–H groups in total.